The Hall–Kier alpha value is -2.87. The number of benzene rings is 1. The summed E-state index contributed by atoms with van der Waals surface area (Å²) in [6.45, 7) is 5.66. The van der Waals surface area contributed by atoms with Crippen LogP contribution in [0, 0.1) is 6.92 Å². The zero-order chi connectivity index (χ0) is 23.0. The number of hydrogen-bond acceptors (Lipinski definition) is 5. The van der Waals surface area contributed by atoms with Crippen LogP contribution in [0.1, 0.15) is 60.5 Å². The summed E-state index contributed by atoms with van der Waals surface area (Å²) in [5, 5.41) is 12.8. The molecule has 1 N–H and O–H groups in total. The number of aryl methyl sites for hydroxylation is 2. The molecule has 1 atom stereocenters. The van der Waals surface area contributed by atoms with E-state index in [9.17, 15) is 13.6 Å². The van der Waals surface area contributed by atoms with Crippen molar-refractivity contribution in [3.05, 3.63) is 63.1 Å². The van der Waals surface area contributed by atoms with Gasteiger partial charge in [-0.1, -0.05) is 18.2 Å². The van der Waals surface area contributed by atoms with Gasteiger partial charge in [0.2, 0.25) is 0 Å². The second kappa shape index (κ2) is 8.94. The first kappa shape index (κ1) is 22.3. The molecule has 1 aliphatic heterocycles. The normalized spacial score (nSPS) is 16.6. The van der Waals surface area contributed by atoms with Crippen LogP contribution in [0.2, 0.25) is 0 Å². The maximum atomic E-state index is 13.2. The van der Waals surface area contributed by atoms with Crippen LogP contribution >= 0.6 is 0 Å². The molecule has 6 nitrogen and oxygen atoms in total. The van der Waals surface area contributed by atoms with Crippen LogP contribution in [0.5, 0.6) is 0 Å². The molecule has 170 valence electrons. The van der Waals surface area contributed by atoms with Gasteiger partial charge in [-0.3, -0.25) is 4.79 Å². The second-order valence-corrected chi connectivity index (χ2v) is 8.77. The van der Waals surface area contributed by atoms with E-state index in [4.69, 9.17) is 0 Å². The molecule has 1 fully saturated rings. The number of nitrogens with zero attached hydrogens (tertiary/aromatic N) is 4. The monoisotopic (exact) mass is 441 g/mol. The van der Waals surface area contributed by atoms with Crippen molar-refractivity contribution in [3.8, 4) is 0 Å². The molecule has 0 radical (unpaired) electrons. The van der Waals surface area contributed by atoms with Crippen molar-refractivity contribution in [3.63, 3.8) is 0 Å². The zero-order valence-electron chi connectivity index (χ0n) is 18.9. The van der Waals surface area contributed by atoms with E-state index in [-0.39, 0.29) is 23.1 Å². The Bertz CT molecular complexity index is 1180. The summed E-state index contributed by atoms with van der Waals surface area (Å²) in [4.78, 5) is 15.5. The number of aromatic nitrogens is 3. The van der Waals surface area contributed by atoms with Gasteiger partial charge in [0.05, 0.1) is 17.3 Å². The Balaban J connectivity index is 1.76. The minimum atomic E-state index is -2.52. The predicted molar refractivity (Wildman–Crippen MR) is 122 cm³/mol. The Morgan fingerprint density at radius 3 is 2.47 bits per heavy atom. The molecule has 1 aromatic carbocycles. The van der Waals surface area contributed by atoms with Crippen molar-refractivity contribution < 1.29 is 8.78 Å². The lowest BCUT2D eigenvalue weighted by Gasteiger charge is -2.29. The molecular weight excluding hydrogens is 412 g/mol. The highest BCUT2D eigenvalue weighted by atomic mass is 19.3. The lowest BCUT2D eigenvalue weighted by atomic mass is 9.89. The Morgan fingerprint density at radius 1 is 1.09 bits per heavy atom. The highest BCUT2D eigenvalue weighted by molar-refractivity contribution is 5.91. The molecule has 1 saturated heterocycles. The summed E-state index contributed by atoms with van der Waals surface area (Å²) in [6.07, 6.45) is -0.642. The average molecular weight is 442 g/mol. The molecule has 32 heavy (non-hydrogen) atoms. The van der Waals surface area contributed by atoms with Crippen molar-refractivity contribution in [1.82, 2.24) is 19.7 Å². The lowest BCUT2D eigenvalue weighted by Crippen LogP contribution is -2.33. The van der Waals surface area contributed by atoms with E-state index in [0.29, 0.717) is 11.5 Å². The first-order chi connectivity index (χ1) is 15.3. The molecule has 3 heterocycles. The van der Waals surface area contributed by atoms with E-state index >= 15 is 0 Å². The van der Waals surface area contributed by atoms with Gasteiger partial charge in [0.25, 0.3) is 12.0 Å². The van der Waals surface area contributed by atoms with E-state index < -0.39 is 6.43 Å². The van der Waals surface area contributed by atoms with Crippen LogP contribution in [-0.2, 0) is 7.05 Å². The zero-order valence-corrected chi connectivity index (χ0v) is 18.9. The molecule has 3 aromatic rings. The molecule has 0 aliphatic carbocycles. The van der Waals surface area contributed by atoms with Gasteiger partial charge in [0.1, 0.15) is 0 Å². The fourth-order valence-electron chi connectivity index (χ4n) is 4.58. The Morgan fingerprint density at radius 2 is 1.78 bits per heavy atom. The van der Waals surface area contributed by atoms with Crippen LogP contribution in [0.4, 0.5) is 14.6 Å². The van der Waals surface area contributed by atoms with Gasteiger partial charge in [-0.2, -0.15) is 5.10 Å². The van der Waals surface area contributed by atoms with Crippen molar-refractivity contribution >= 4 is 16.7 Å². The smallest absolute Gasteiger partial charge is 0.263 e. The first-order valence-corrected chi connectivity index (χ1v) is 11.0. The number of alkyl halides is 2. The molecule has 0 saturated carbocycles. The third kappa shape index (κ3) is 4.24. The number of piperidine rings is 1. The third-order valence-electron chi connectivity index (χ3n) is 6.51. The van der Waals surface area contributed by atoms with Crippen molar-refractivity contribution in [2.75, 3.05) is 25.5 Å². The number of nitrogens with one attached hydrogen (secondary N) is 1. The van der Waals surface area contributed by atoms with Crippen LogP contribution in [0.15, 0.2) is 35.1 Å². The lowest BCUT2D eigenvalue weighted by molar-refractivity contribution is 0.151. The number of rotatable bonds is 5. The topological polar surface area (TPSA) is 63.1 Å². The van der Waals surface area contributed by atoms with Gasteiger partial charge in [0.15, 0.2) is 5.82 Å². The number of fused-ring (bicyclic) bond motifs is 1. The molecule has 0 spiro atoms. The van der Waals surface area contributed by atoms with Crippen LogP contribution in [-0.4, -0.2) is 39.8 Å². The minimum Gasteiger partial charge on any atom is -0.361 e. The number of anilines is 1. The fourth-order valence-corrected chi connectivity index (χ4v) is 4.58. The summed E-state index contributed by atoms with van der Waals surface area (Å²) in [7, 11) is 3.87. The summed E-state index contributed by atoms with van der Waals surface area (Å²) in [6, 6.07) is 8.07. The van der Waals surface area contributed by atoms with Crippen LogP contribution < -0.4 is 10.9 Å². The predicted octanol–water partition coefficient (Wildman–Crippen LogP) is 4.56. The molecule has 2 aromatic heterocycles. The van der Waals surface area contributed by atoms with E-state index in [2.05, 4.69) is 27.5 Å². The summed E-state index contributed by atoms with van der Waals surface area (Å²) in [5.41, 5.74) is 2.94. The number of likely N-dealkylation sites (tertiary alicyclic amines) is 1. The van der Waals surface area contributed by atoms with Crippen molar-refractivity contribution in [1.29, 1.82) is 0 Å². The number of pyridine rings is 1. The van der Waals surface area contributed by atoms with E-state index in [1.165, 1.54) is 12.1 Å². The van der Waals surface area contributed by atoms with Gasteiger partial charge < -0.3 is 14.8 Å². The van der Waals surface area contributed by atoms with Gasteiger partial charge in [-0.25, -0.2) is 8.78 Å². The summed E-state index contributed by atoms with van der Waals surface area (Å²) >= 11 is 0. The Labute approximate surface area is 186 Å². The quantitative estimate of drug-likeness (QED) is 0.629. The fraction of sp³-hybridized carbons (Fsp3) is 0.458. The number of hydrogen-bond donors (Lipinski definition) is 1. The van der Waals surface area contributed by atoms with E-state index in [1.807, 2.05) is 26.0 Å². The number of halogens is 2. The van der Waals surface area contributed by atoms with Crippen LogP contribution in [0.25, 0.3) is 10.9 Å². The van der Waals surface area contributed by atoms with E-state index in [0.717, 1.165) is 48.0 Å². The summed E-state index contributed by atoms with van der Waals surface area (Å²) in [5.74, 6) is 0.751. The first-order valence-electron chi connectivity index (χ1n) is 11.0. The molecule has 1 aliphatic rings. The molecule has 4 rings (SSSR count). The van der Waals surface area contributed by atoms with E-state index in [1.54, 1.807) is 17.7 Å². The highest BCUT2D eigenvalue weighted by Gasteiger charge is 2.24. The van der Waals surface area contributed by atoms with Gasteiger partial charge >= 0.3 is 0 Å². The molecular formula is C24H29F2N5O. The SMILES string of the molecule is Cc1nnc(NC(C)c2cccc(C(F)F)c2)c2cc(C3CCN(C)CC3)c(=O)n(C)c12. The van der Waals surface area contributed by atoms with Gasteiger partial charge in [-0.05, 0) is 70.4 Å². The molecule has 1 unspecified atom stereocenters. The minimum absolute atomic E-state index is 0.00628. The van der Waals surface area contributed by atoms with Crippen LogP contribution in [0.3, 0.4) is 0 Å². The maximum Gasteiger partial charge on any atom is 0.263 e. The third-order valence-corrected chi connectivity index (χ3v) is 6.51. The van der Waals surface area contributed by atoms with Gasteiger partial charge in [-0.15, -0.1) is 5.10 Å². The molecule has 0 bridgehead atoms. The average Bonchev–Trinajstić information content (AvgIpc) is 2.78. The molecule has 8 heteroatoms. The highest BCUT2D eigenvalue weighted by Crippen LogP contribution is 2.31. The summed E-state index contributed by atoms with van der Waals surface area (Å²) < 4.78 is 27.9. The maximum absolute atomic E-state index is 13.2. The largest absolute Gasteiger partial charge is 0.361 e. The van der Waals surface area contributed by atoms with Crippen molar-refractivity contribution in [2.24, 2.45) is 7.05 Å². The van der Waals surface area contributed by atoms with Gasteiger partial charge in [0, 0.05) is 23.6 Å². The standard InChI is InChI=1S/C24H29F2N5O/c1-14(17-6-5-7-18(12-17)22(25)26)27-23-20-13-19(16-8-10-30(3)11-9-16)24(32)31(4)21(20)15(2)28-29-23/h5-7,12-14,16,22H,8-11H2,1-4H3,(H,27,29). The molecule has 0 amide bonds. The second-order valence-electron chi connectivity index (χ2n) is 8.77. The van der Waals surface area contributed by atoms with Crippen molar-refractivity contribution in [2.45, 2.75) is 45.1 Å². The Kier molecular flexibility index (Phi) is 6.24.